The summed E-state index contributed by atoms with van der Waals surface area (Å²) >= 11 is 0. The van der Waals surface area contributed by atoms with E-state index in [1.165, 1.54) is 180 Å². The average molecular weight is 565 g/mol. The molecule has 3 nitrogen and oxygen atoms in total. The summed E-state index contributed by atoms with van der Waals surface area (Å²) in [4.78, 5) is 15.0. The van der Waals surface area contributed by atoms with Crippen LogP contribution in [0.25, 0.3) is 0 Å². The van der Waals surface area contributed by atoms with Crippen molar-refractivity contribution in [2.75, 3.05) is 19.6 Å². The highest BCUT2D eigenvalue weighted by molar-refractivity contribution is 5.76. The smallest absolute Gasteiger partial charge is 0.222 e. The Morgan fingerprint density at radius 1 is 0.400 bits per heavy atom. The first kappa shape index (κ1) is 39.4. The third-order valence-corrected chi connectivity index (χ3v) is 8.76. The van der Waals surface area contributed by atoms with Crippen molar-refractivity contribution in [1.82, 2.24) is 4.90 Å². The molecule has 0 aromatic carbocycles. The molecule has 0 fully saturated rings. The second kappa shape index (κ2) is 34.6. The second-order valence-corrected chi connectivity index (χ2v) is 12.8. The average Bonchev–Trinajstić information content (AvgIpc) is 2.96. The van der Waals surface area contributed by atoms with Gasteiger partial charge in [0.15, 0.2) is 0 Å². The molecule has 0 rings (SSSR count). The van der Waals surface area contributed by atoms with Gasteiger partial charge in [-0.05, 0) is 32.2 Å². The maximum absolute atomic E-state index is 12.8. The summed E-state index contributed by atoms with van der Waals surface area (Å²) in [6.45, 7) is 7.23. The molecule has 0 aliphatic heterocycles. The molecule has 240 valence electrons. The van der Waals surface area contributed by atoms with Crippen LogP contribution in [0, 0.1) is 0 Å². The third kappa shape index (κ3) is 30.4. The van der Waals surface area contributed by atoms with E-state index in [2.05, 4.69) is 18.7 Å². The Kier molecular flexibility index (Phi) is 34.1. The van der Waals surface area contributed by atoms with Crippen molar-refractivity contribution in [1.29, 1.82) is 0 Å². The molecule has 0 bridgehead atoms. The normalized spacial score (nSPS) is 11.4. The lowest BCUT2D eigenvalue weighted by Crippen LogP contribution is -2.33. The molecule has 1 amide bonds. The Morgan fingerprint density at radius 2 is 0.675 bits per heavy atom. The lowest BCUT2D eigenvalue weighted by molar-refractivity contribution is -0.131. The van der Waals surface area contributed by atoms with Gasteiger partial charge in [0.05, 0.1) is 0 Å². The van der Waals surface area contributed by atoms with Gasteiger partial charge in [-0.25, -0.2) is 0 Å². The van der Waals surface area contributed by atoms with Crippen LogP contribution < -0.4 is 5.73 Å². The van der Waals surface area contributed by atoms with Crippen molar-refractivity contribution in [3.8, 4) is 0 Å². The number of nitrogens with two attached hydrogens (primary N) is 1. The van der Waals surface area contributed by atoms with Crippen LogP contribution in [0.1, 0.15) is 213 Å². The summed E-state index contributed by atoms with van der Waals surface area (Å²) in [6.07, 6.45) is 41.4. The molecule has 3 heteroatoms. The predicted octanol–water partition coefficient (Wildman–Crippen LogP) is 11.9. The van der Waals surface area contributed by atoms with Gasteiger partial charge in [-0.3, -0.25) is 4.79 Å². The maximum Gasteiger partial charge on any atom is 0.222 e. The number of rotatable bonds is 34. The van der Waals surface area contributed by atoms with Crippen LogP contribution in [-0.2, 0) is 4.79 Å². The summed E-state index contributed by atoms with van der Waals surface area (Å²) < 4.78 is 0. The molecule has 0 unspecified atom stereocenters. The Bertz CT molecular complexity index is 449. The van der Waals surface area contributed by atoms with E-state index < -0.39 is 0 Å². The van der Waals surface area contributed by atoms with Crippen molar-refractivity contribution < 1.29 is 4.79 Å². The summed E-state index contributed by atoms with van der Waals surface area (Å²) in [7, 11) is 0. The molecule has 0 aromatic rings. The van der Waals surface area contributed by atoms with E-state index in [1.54, 1.807) is 0 Å². The lowest BCUT2D eigenvalue weighted by atomic mass is 10.0. The monoisotopic (exact) mass is 565 g/mol. The first-order chi connectivity index (χ1) is 19.8. The minimum Gasteiger partial charge on any atom is -0.343 e. The van der Waals surface area contributed by atoms with Gasteiger partial charge in [-0.2, -0.15) is 0 Å². The molecular weight excluding hydrogens is 488 g/mol. The van der Waals surface area contributed by atoms with E-state index in [9.17, 15) is 4.79 Å². The van der Waals surface area contributed by atoms with Gasteiger partial charge in [0.1, 0.15) is 0 Å². The predicted molar refractivity (Wildman–Crippen MR) is 180 cm³/mol. The first-order valence-electron chi connectivity index (χ1n) is 18.7. The summed E-state index contributed by atoms with van der Waals surface area (Å²) in [5.74, 6) is 0.373. The summed E-state index contributed by atoms with van der Waals surface area (Å²) in [5, 5.41) is 0. The Morgan fingerprint density at radius 3 is 0.950 bits per heavy atom. The van der Waals surface area contributed by atoms with Gasteiger partial charge in [0.2, 0.25) is 5.91 Å². The van der Waals surface area contributed by atoms with Crippen LogP contribution in [-0.4, -0.2) is 30.4 Å². The van der Waals surface area contributed by atoms with Gasteiger partial charge in [0, 0.05) is 19.5 Å². The van der Waals surface area contributed by atoms with E-state index in [0.29, 0.717) is 18.9 Å². The molecule has 0 radical (unpaired) electrons. The number of nitrogens with zero attached hydrogens (tertiary/aromatic N) is 1. The maximum atomic E-state index is 12.8. The van der Waals surface area contributed by atoms with Crippen LogP contribution in [0.2, 0.25) is 0 Å². The topological polar surface area (TPSA) is 46.3 Å². The number of hydrogen-bond acceptors (Lipinski definition) is 2. The largest absolute Gasteiger partial charge is 0.343 e. The fourth-order valence-corrected chi connectivity index (χ4v) is 5.93. The molecule has 0 aromatic heterocycles. The number of amides is 1. The Hall–Kier alpha value is -0.570. The van der Waals surface area contributed by atoms with Crippen LogP contribution in [0.15, 0.2) is 0 Å². The molecule has 2 N–H and O–H groups in total. The molecular formula is C37H76N2O. The zero-order valence-corrected chi connectivity index (χ0v) is 28.0. The number of carbonyl (C=O) groups excluding carboxylic acids is 1. The zero-order valence-electron chi connectivity index (χ0n) is 28.0. The van der Waals surface area contributed by atoms with E-state index in [0.717, 1.165) is 25.9 Å². The standard InChI is InChI=1S/C37H76N2O/c1-3-5-7-9-11-13-15-17-19-21-23-25-27-31-35-39(37(40)33-29-30-34-38)36-32-28-26-24-22-20-18-16-14-12-10-8-6-4-2/h3-36,38H2,1-2H3. The van der Waals surface area contributed by atoms with Crippen LogP contribution in [0.4, 0.5) is 0 Å². The molecule has 0 spiro atoms. The lowest BCUT2D eigenvalue weighted by Gasteiger charge is -2.23. The summed E-state index contributed by atoms with van der Waals surface area (Å²) in [5.41, 5.74) is 5.65. The van der Waals surface area contributed by atoms with Crippen molar-refractivity contribution in [2.45, 2.75) is 213 Å². The highest BCUT2D eigenvalue weighted by Gasteiger charge is 2.12. The highest BCUT2D eigenvalue weighted by Crippen LogP contribution is 2.15. The molecule has 0 aliphatic carbocycles. The quantitative estimate of drug-likeness (QED) is 0.0790. The number of carbonyl (C=O) groups is 1. The van der Waals surface area contributed by atoms with Gasteiger partial charge in [-0.1, -0.05) is 181 Å². The van der Waals surface area contributed by atoms with Crippen LogP contribution in [0.3, 0.4) is 0 Å². The van der Waals surface area contributed by atoms with Crippen molar-refractivity contribution in [2.24, 2.45) is 5.73 Å². The van der Waals surface area contributed by atoms with E-state index >= 15 is 0 Å². The first-order valence-corrected chi connectivity index (χ1v) is 18.7. The number of unbranched alkanes of at least 4 members (excludes halogenated alkanes) is 27. The third-order valence-electron chi connectivity index (χ3n) is 8.76. The highest BCUT2D eigenvalue weighted by atomic mass is 16.2. The molecule has 0 aliphatic rings. The van der Waals surface area contributed by atoms with Gasteiger partial charge < -0.3 is 10.6 Å². The number of hydrogen-bond donors (Lipinski definition) is 1. The molecule has 0 atom stereocenters. The van der Waals surface area contributed by atoms with E-state index in [1.807, 2.05) is 0 Å². The molecule has 0 saturated carbocycles. The SMILES string of the molecule is CCCCCCCCCCCCCCCCN(CCCCCCCCCCCCCCCC)C(=O)CCCCN. The van der Waals surface area contributed by atoms with E-state index in [4.69, 9.17) is 5.73 Å². The zero-order chi connectivity index (χ0) is 29.2. The molecule has 0 heterocycles. The fraction of sp³-hybridized carbons (Fsp3) is 0.973. The van der Waals surface area contributed by atoms with E-state index in [-0.39, 0.29) is 0 Å². The van der Waals surface area contributed by atoms with Crippen LogP contribution in [0.5, 0.6) is 0 Å². The van der Waals surface area contributed by atoms with Gasteiger partial charge in [0.25, 0.3) is 0 Å². The molecule has 0 saturated heterocycles. The molecule has 40 heavy (non-hydrogen) atoms. The van der Waals surface area contributed by atoms with Gasteiger partial charge in [-0.15, -0.1) is 0 Å². The minimum absolute atomic E-state index is 0.373. The fourth-order valence-electron chi connectivity index (χ4n) is 5.93. The van der Waals surface area contributed by atoms with Gasteiger partial charge >= 0.3 is 0 Å². The Balaban J connectivity index is 3.77. The van der Waals surface area contributed by atoms with Crippen molar-refractivity contribution >= 4 is 5.91 Å². The van der Waals surface area contributed by atoms with Crippen molar-refractivity contribution in [3.63, 3.8) is 0 Å². The summed E-state index contributed by atoms with van der Waals surface area (Å²) in [6, 6.07) is 0. The van der Waals surface area contributed by atoms with Crippen molar-refractivity contribution in [3.05, 3.63) is 0 Å². The minimum atomic E-state index is 0.373. The Labute approximate surface area is 253 Å². The van der Waals surface area contributed by atoms with Crippen LogP contribution >= 0.6 is 0 Å². The second-order valence-electron chi connectivity index (χ2n) is 12.8.